The minimum absolute atomic E-state index is 0.0104. The summed E-state index contributed by atoms with van der Waals surface area (Å²) >= 11 is 0. The van der Waals surface area contributed by atoms with E-state index in [0.717, 1.165) is 16.1 Å². The Kier molecular flexibility index (Phi) is 10.8. The lowest BCUT2D eigenvalue weighted by atomic mass is 10.1. The van der Waals surface area contributed by atoms with Crippen LogP contribution in [0.2, 0.25) is 0 Å². The van der Waals surface area contributed by atoms with E-state index < -0.39 is 46.6 Å². The fourth-order valence-corrected chi connectivity index (χ4v) is 5.31. The van der Waals surface area contributed by atoms with Gasteiger partial charge in [-0.1, -0.05) is 24.3 Å². The molecule has 2 aliphatic rings. The SMILES string of the molecule is COc1ccc(COc2cn(OCc3ccc(OC)cc3)c(CNC(=O)C3=C(C(=O)O)N4C(=O)[C@@H](NC(=O)OC(C)(C)C)CN4C3)cc2=O)cc1. The Balaban J connectivity index is 1.33. The van der Waals surface area contributed by atoms with Gasteiger partial charge in [-0.05, 0) is 56.2 Å². The highest BCUT2D eigenvalue weighted by Gasteiger charge is 2.49. The quantitative estimate of drug-likeness (QED) is 0.235. The highest BCUT2D eigenvalue weighted by atomic mass is 16.7. The number of carboxylic acid groups (broad SMARTS) is 1. The molecule has 3 heterocycles. The number of carbonyl (C=O) groups is 4. The third kappa shape index (κ3) is 8.77. The number of nitrogens with zero attached hydrogens (tertiary/aromatic N) is 3. The molecular weight excluding hydrogens is 666 g/mol. The van der Waals surface area contributed by atoms with Crippen molar-refractivity contribution in [3.05, 3.63) is 99.1 Å². The van der Waals surface area contributed by atoms with E-state index >= 15 is 0 Å². The number of pyridine rings is 1. The Morgan fingerprint density at radius 3 is 2.10 bits per heavy atom. The van der Waals surface area contributed by atoms with E-state index in [1.165, 1.54) is 22.0 Å². The highest BCUT2D eigenvalue weighted by Crippen LogP contribution is 2.30. The average Bonchev–Trinajstić information content (AvgIpc) is 3.61. The summed E-state index contributed by atoms with van der Waals surface area (Å²) in [6, 6.07) is 14.5. The molecular formula is C35H39N5O11. The van der Waals surface area contributed by atoms with E-state index in [0.29, 0.717) is 11.5 Å². The van der Waals surface area contributed by atoms with E-state index in [9.17, 15) is 29.1 Å². The zero-order valence-corrected chi connectivity index (χ0v) is 28.8. The summed E-state index contributed by atoms with van der Waals surface area (Å²) in [4.78, 5) is 70.3. The van der Waals surface area contributed by atoms with Gasteiger partial charge in [-0.15, -0.1) is 0 Å². The maximum atomic E-state index is 13.4. The number of rotatable bonds is 13. The first-order valence-corrected chi connectivity index (χ1v) is 15.9. The number of aliphatic carboxylic acids is 1. The van der Waals surface area contributed by atoms with Crippen LogP contribution >= 0.6 is 0 Å². The number of fused-ring (bicyclic) bond motifs is 1. The van der Waals surface area contributed by atoms with Crippen molar-refractivity contribution < 1.29 is 48.1 Å². The molecule has 2 aliphatic heterocycles. The molecule has 0 radical (unpaired) electrons. The minimum Gasteiger partial charge on any atom is -0.497 e. The molecule has 16 heteroatoms. The monoisotopic (exact) mass is 705 g/mol. The fraction of sp³-hybridized carbons (Fsp3) is 0.343. The number of hydrogen-bond donors (Lipinski definition) is 3. The van der Waals surface area contributed by atoms with E-state index in [1.54, 1.807) is 83.5 Å². The molecule has 3 amide bonds. The van der Waals surface area contributed by atoms with Crippen LogP contribution in [-0.2, 0) is 38.9 Å². The number of benzene rings is 2. The zero-order valence-electron chi connectivity index (χ0n) is 28.8. The number of methoxy groups -OCH3 is 2. The van der Waals surface area contributed by atoms with Crippen LogP contribution in [0.5, 0.6) is 17.2 Å². The van der Waals surface area contributed by atoms with E-state index in [2.05, 4.69) is 10.6 Å². The molecule has 51 heavy (non-hydrogen) atoms. The number of alkyl carbamates (subject to hydrolysis) is 1. The van der Waals surface area contributed by atoms with Crippen LogP contribution in [0.1, 0.15) is 37.6 Å². The van der Waals surface area contributed by atoms with Gasteiger partial charge in [-0.3, -0.25) is 14.4 Å². The lowest BCUT2D eigenvalue weighted by Crippen LogP contribution is -2.45. The largest absolute Gasteiger partial charge is 0.497 e. The van der Waals surface area contributed by atoms with Crippen molar-refractivity contribution in [2.24, 2.45) is 0 Å². The smallest absolute Gasteiger partial charge is 0.408 e. The van der Waals surface area contributed by atoms with Gasteiger partial charge in [-0.2, -0.15) is 4.73 Å². The van der Waals surface area contributed by atoms with Crippen LogP contribution in [0, 0.1) is 0 Å². The third-order valence-electron chi connectivity index (χ3n) is 7.76. The molecule has 16 nitrogen and oxygen atoms in total. The summed E-state index contributed by atoms with van der Waals surface area (Å²) in [5.41, 5.74) is -0.211. The molecule has 1 saturated heterocycles. The Morgan fingerprint density at radius 2 is 1.53 bits per heavy atom. The van der Waals surface area contributed by atoms with Crippen LogP contribution in [0.3, 0.4) is 0 Å². The molecule has 0 bridgehead atoms. The Bertz CT molecular complexity index is 1880. The van der Waals surface area contributed by atoms with Crippen molar-refractivity contribution in [2.75, 3.05) is 27.3 Å². The number of ether oxygens (including phenoxy) is 4. The second kappa shape index (κ2) is 15.2. The number of aromatic nitrogens is 1. The number of nitrogens with one attached hydrogen (secondary N) is 2. The van der Waals surface area contributed by atoms with Crippen molar-refractivity contribution >= 4 is 23.9 Å². The van der Waals surface area contributed by atoms with Crippen molar-refractivity contribution in [1.82, 2.24) is 25.4 Å². The molecule has 2 aromatic carbocycles. The van der Waals surface area contributed by atoms with Crippen molar-refractivity contribution in [2.45, 2.75) is 52.2 Å². The van der Waals surface area contributed by atoms with Gasteiger partial charge < -0.3 is 39.5 Å². The molecule has 270 valence electrons. The predicted octanol–water partition coefficient (Wildman–Crippen LogP) is 1.99. The lowest BCUT2D eigenvalue weighted by Gasteiger charge is -2.21. The predicted molar refractivity (Wildman–Crippen MR) is 179 cm³/mol. The maximum absolute atomic E-state index is 13.4. The summed E-state index contributed by atoms with van der Waals surface area (Å²) in [6.45, 7) is 4.61. The summed E-state index contributed by atoms with van der Waals surface area (Å²) < 4.78 is 22.7. The average molecular weight is 706 g/mol. The van der Waals surface area contributed by atoms with Crippen LogP contribution in [0.15, 0.2) is 76.9 Å². The summed E-state index contributed by atoms with van der Waals surface area (Å²) in [5.74, 6) is -1.69. The number of hydrazine groups is 1. The number of carboxylic acids is 1. The Hall–Kier alpha value is -6.03. The van der Waals surface area contributed by atoms with Crippen LogP contribution in [0.25, 0.3) is 0 Å². The normalized spacial score (nSPS) is 15.7. The first-order valence-electron chi connectivity index (χ1n) is 15.9. The second-order valence-electron chi connectivity index (χ2n) is 12.6. The Labute approximate surface area is 293 Å². The third-order valence-corrected chi connectivity index (χ3v) is 7.76. The van der Waals surface area contributed by atoms with E-state index in [1.807, 2.05) is 0 Å². The molecule has 5 rings (SSSR count). The summed E-state index contributed by atoms with van der Waals surface area (Å²) in [7, 11) is 3.12. The molecule has 0 unspecified atom stereocenters. The van der Waals surface area contributed by atoms with Gasteiger partial charge in [0.15, 0.2) is 11.4 Å². The summed E-state index contributed by atoms with van der Waals surface area (Å²) in [5, 5.41) is 17.3. The van der Waals surface area contributed by atoms with Gasteiger partial charge >= 0.3 is 12.1 Å². The van der Waals surface area contributed by atoms with Crippen LogP contribution < -0.4 is 35.1 Å². The van der Waals surface area contributed by atoms with Crippen LogP contribution in [0.4, 0.5) is 4.79 Å². The number of hydrogen-bond acceptors (Lipinski definition) is 11. The van der Waals surface area contributed by atoms with Crippen molar-refractivity contribution in [3.8, 4) is 17.2 Å². The van der Waals surface area contributed by atoms with Gasteiger partial charge in [0, 0.05) is 12.6 Å². The molecule has 1 atom stereocenters. The summed E-state index contributed by atoms with van der Waals surface area (Å²) in [6.07, 6.45) is 0.534. The van der Waals surface area contributed by atoms with E-state index in [4.69, 9.17) is 23.8 Å². The van der Waals surface area contributed by atoms with Crippen molar-refractivity contribution in [3.63, 3.8) is 0 Å². The molecule has 0 saturated carbocycles. The lowest BCUT2D eigenvalue weighted by molar-refractivity contribution is -0.143. The van der Waals surface area contributed by atoms with Crippen LogP contribution in [-0.4, -0.2) is 82.7 Å². The minimum atomic E-state index is -1.51. The maximum Gasteiger partial charge on any atom is 0.408 e. The van der Waals surface area contributed by atoms with Gasteiger partial charge in [0.25, 0.3) is 11.8 Å². The first kappa shape index (κ1) is 36.3. The molecule has 0 aliphatic carbocycles. The first-order chi connectivity index (χ1) is 24.3. The van der Waals surface area contributed by atoms with E-state index in [-0.39, 0.29) is 49.9 Å². The standard InChI is InChI=1S/C35H39N5O11/c1-35(2,3)51-34(46)37-27-17-38-16-26(30(33(44)45)40(38)32(27)43)31(42)36-15-23-14-28(41)29(49-19-21-6-10-24(47-4)11-7-21)18-39(23)50-20-22-8-12-25(48-5)13-9-22/h6-14,18,27H,15-17,19-20H2,1-5H3,(H,36,42)(H,37,46)(H,44,45)/t27-/m0/s1. The molecule has 1 aromatic heterocycles. The number of amides is 3. The molecule has 1 fully saturated rings. The second-order valence-corrected chi connectivity index (χ2v) is 12.6. The van der Waals surface area contributed by atoms with Crippen molar-refractivity contribution in [1.29, 1.82) is 0 Å². The molecule has 3 N–H and O–H groups in total. The topological polar surface area (TPSA) is 187 Å². The zero-order chi connectivity index (χ0) is 36.9. The Morgan fingerprint density at radius 1 is 0.922 bits per heavy atom. The number of carbonyl (C=O) groups excluding carboxylic acids is 3. The van der Waals surface area contributed by atoms with Gasteiger partial charge in [-0.25, -0.2) is 19.6 Å². The molecule has 3 aromatic rings. The van der Waals surface area contributed by atoms with Gasteiger partial charge in [0.05, 0.1) is 44.8 Å². The molecule has 0 spiro atoms. The van der Waals surface area contributed by atoms with Gasteiger partial charge in [0.1, 0.15) is 36.4 Å². The highest BCUT2D eigenvalue weighted by molar-refractivity contribution is 6.06. The fourth-order valence-electron chi connectivity index (χ4n) is 5.31. The van der Waals surface area contributed by atoms with Gasteiger partial charge in [0.2, 0.25) is 5.43 Å².